The number of carbonyl (C=O) groups excluding carboxylic acids is 4. The fourth-order valence-electron chi connectivity index (χ4n) is 8.82. The predicted octanol–water partition coefficient (Wildman–Crippen LogP) is 12.0. The van der Waals surface area contributed by atoms with Gasteiger partial charge in [-0.2, -0.15) is 0 Å². The number of hydrogen-bond donors (Lipinski definition) is 2. The van der Waals surface area contributed by atoms with E-state index in [1.807, 2.05) is 34.6 Å². The monoisotopic (exact) mass is 973 g/mol. The van der Waals surface area contributed by atoms with Crippen LogP contribution in [0.15, 0.2) is 0 Å². The second-order valence-electron chi connectivity index (χ2n) is 22.4. The van der Waals surface area contributed by atoms with E-state index in [9.17, 15) is 29.4 Å². The fourth-order valence-corrected chi connectivity index (χ4v) is 11.7. The van der Waals surface area contributed by atoms with Crippen molar-refractivity contribution in [3.63, 3.8) is 0 Å². The molecule has 0 bridgehead atoms. The van der Waals surface area contributed by atoms with Gasteiger partial charge in [0.2, 0.25) is 0 Å². The molecule has 66 heavy (non-hydrogen) atoms. The molecule has 4 saturated carbocycles. The number of aliphatic hydroxyl groups excluding tert-OH is 2. The molecule has 2 N–H and O–H groups in total. The van der Waals surface area contributed by atoms with Crippen LogP contribution in [0, 0.1) is 22.7 Å². The number of hydrogen-bond acceptors (Lipinski definition) is 12. The van der Waals surface area contributed by atoms with E-state index in [1.165, 1.54) is 0 Å². The van der Waals surface area contributed by atoms with Crippen molar-refractivity contribution in [1.82, 2.24) is 0 Å². The number of ether oxygens (including phenoxy) is 4. The average molecular weight is 974 g/mol. The lowest BCUT2D eigenvalue weighted by Gasteiger charge is -2.43. The molecule has 14 heteroatoms. The van der Waals surface area contributed by atoms with E-state index in [1.54, 1.807) is 0 Å². The van der Waals surface area contributed by atoms with Crippen LogP contribution in [0.1, 0.15) is 199 Å². The molecule has 0 aromatic heterocycles. The smallest absolute Gasteiger partial charge is 0.312 e. The molecule has 0 radical (unpaired) electrons. The fraction of sp³-hybridized carbons (Fsp3) is 0.923. The summed E-state index contributed by atoms with van der Waals surface area (Å²) in [6.07, 6.45) is 15.6. The summed E-state index contributed by atoms with van der Waals surface area (Å²) in [6, 6.07) is 0. The third-order valence-corrected chi connectivity index (χ3v) is 24.8. The van der Waals surface area contributed by atoms with Gasteiger partial charge < -0.3 is 38.0 Å². The molecular weight excluding hydrogens is 873 g/mol. The summed E-state index contributed by atoms with van der Waals surface area (Å²) in [4.78, 5) is 46.9. The Morgan fingerprint density at radius 1 is 0.455 bits per heavy atom. The largest absolute Gasteiger partial charge is 0.466 e. The summed E-state index contributed by atoms with van der Waals surface area (Å²) in [5, 5.41) is 19.1. The number of esters is 4. The van der Waals surface area contributed by atoms with E-state index in [0.717, 1.165) is 116 Å². The Labute approximate surface area is 404 Å². The molecule has 12 nitrogen and oxygen atoms in total. The number of rotatable bonds is 14. The minimum Gasteiger partial charge on any atom is -0.466 e. The number of aliphatic hydroxyl groups is 2. The van der Waals surface area contributed by atoms with Gasteiger partial charge in [-0.05, 0) is 180 Å². The molecular formula is C52H100O12Si2. The molecule has 0 spiro atoms. The van der Waals surface area contributed by atoms with E-state index < -0.39 is 16.6 Å². The molecule has 0 aliphatic heterocycles. The maximum atomic E-state index is 12.2. The molecule has 0 aromatic rings. The van der Waals surface area contributed by atoms with Crippen LogP contribution >= 0.6 is 0 Å². The molecule has 388 valence electrons. The highest BCUT2D eigenvalue weighted by Crippen LogP contribution is 2.45. The Hall–Kier alpha value is -1.85. The van der Waals surface area contributed by atoms with Crippen molar-refractivity contribution in [3.8, 4) is 0 Å². The van der Waals surface area contributed by atoms with Crippen LogP contribution in [0.2, 0.25) is 36.3 Å². The average Bonchev–Trinajstić information content (AvgIpc) is 3.25. The highest BCUT2D eigenvalue weighted by Gasteiger charge is 2.46. The van der Waals surface area contributed by atoms with Crippen LogP contribution < -0.4 is 0 Å². The first kappa shape index (κ1) is 62.2. The molecule has 4 rings (SSSR count). The SMILES string of the molecule is CCOC(=O)C1(CC)CCC(O)CC1.CCOC(=O)C1(CC)CCC(O[Si](C)(C)C(C)(C)C)CC1.CCOC(=O)C1CCC(O)CC1.CCOC(=O)C1CCC(O[Si](C)(C)C(C)(C)C)CC1. The predicted molar refractivity (Wildman–Crippen MR) is 269 cm³/mol. The van der Waals surface area contributed by atoms with Gasteiger partial charge >= 0.3 is 23.9 Å². The topological polar surface area (TPSA) is 164 Å². The van der Waals surface area contributed by atoms with Gasteiger partial charge in [-0.1, -0.05) is 55.4 Å². The van der Waals surface area contributed by atoms with Crippen LogP contribution in [0.5, 0.6) is 0 Å². The van der Waals surface area contributed by atoms with Gasteiger partial charge in [0.05, 0.1) is 61.3 Å². The lowest BCUT2D eigenvalue weighted by molar-refractivity contribution is -0.160. The highest BCUT2D eigenvalue weighted by molar-refractivity contribution is 6.74. The van der Waals surface area contributed by atoms with E-state index in [4.69, 9.17) is 27.8 Å². The van der Waals surface area contributed by atoms with Crippen molar-refractivity contribution in [2.45, 2.75) is 259 Å². The summed E-state index contributed by atoms with van der Waals surface area (Å²) in [5.41, 5.74) is -0.571. The third kappa shape index (κ3) is 19.9. The van der Waals surface area contributed by atoms with Crippen molar-refractivity contribution < 1.29 is 57.2 Å². The summed E-state index contributed by atoms with van der Waals surface area (Å²) in [6.45, 7) is 36.2. The zero-order chi connectivity index (χ0) is 50.6. The summed E-state index contributed by atoms with van der Waals surface area (Å²) in [7, 11) is -3.38. The van der Waals surface area contributed by atoms with E-state index in [0.29, 0.717) is 38.6 Å². The zero-order valence-electron chi connectivity index (χ0n) is 45.0. The first-order chi connectivity index (χ1) is 30.6. The second-order valence-corrected chi connectivity index (χ2v) is 31.9. The molecule has 4 aliphatic carbocycles. The third-order valence-electron chi connectivity index (χ3n) is 15.7. The van der Waals surface area contributed by atoms with Crippen LogP contribution in [0.4, 0.5) is 0 Å². The maximum Gasteiger partial charge on any atom is 0.312 e. The maximum absolute atomic E-state index is 12.2. The normalized spacial score (nSPS) is 28.3. The standard InChI is InChI=1S/C17H34O3Si.C15H30O3Si.C11H20O3.C9H16O3/c1-8-17(15(18)19-9-2)12-10-14(11-13-17)20-21(6,7)16(3,4)5;1-7-17-14(16)12-8-10-13(11-9-12)18-19(5,6)15(2,3)4;1-3-11(10(13)14-4-2)7-5-9(12)6-8-11;1-2-12-9(11)7-3-5-8(10)6-4-7/h14H,8-13H2,1-7H3;12-13H,7-11H2,1-6H3;9,12H,3-8H2,1-2H3;7-8,10H,2-6H2,1H3. The lowest BCUT2D eigenvalue weighted by atomic mass is 9.71. The van der Waals surface area contributed by atoms with Crippen LogP contribution in [0.25, 0.3) is 0 Å². The highest BCUT2D eigenvalue weighted by atomic mass is 28.4. The van der Waals surface area contributed by atoms with Gasteiger partial charge in [-0.25, -0.2) is 0 Å². The van der Waals surface area contributed by atoms with Crippen LogP contribution in [0.3, 0.4) is 0 Å². The second kappa shape index (κ2) is 28.7. The van der Waals surface area contributed by atoms with E-state index in [-0.39, 0.29) is 68.8 Å². The molecule has 0 atom stereocenters. The quantitative estimate of drug-likeness (QED) is 0.0963. The van der Waals surface area contributed by atoms with Gasteiger partial charge in [-0.15, -0.1) is 0 Å². The van der Waals surface area contributed by atoms with Gasteiger partial charge in [-0.3, -0.25) is 19.2 Å². The van der Waals surface area contributed by atoms with Gasteiger partial charge in [0.15, 0.2) is 16.6 Å². The Balaban J connectivity index is 0.000000450. The molecule has 4 aliphatic rings. The van der Waals surface area contributed by atoms with Crippen molar-refractivity contribution in [1.29, 1.82) is 0 Å². The lowest BCUT2D eigenvalue weighted by Crippen LogP contribution is -2.46. The van der Waals surface area contributed by atoms with Crippen molar-refractivity contribution >= 4 is 40.5 Å². The first-order valence-electron chi connectivity index (χ1n) is 26.0. The Morgan fingerprint density at radius 2 is 0.742 bits per heavy atom. The molecule has 0 heterocycles. The molecule has 0 unspecified atom stereocenters. The van der Waals surface area contributed by atoms with Crippen molar-refractivity contribution in [2.75, 3.05) is 26.4 Å². The number of carbonyl (C=O) groups is 4. The molecule has 4 fully saturated rings. The van der Waals surface area contributed by atoms with Crippen molar-refractivity contribution in [2.24, 2.45) is 22.7 Å². The van der Waals surface area contributed by atoms with E-state index >= 15 is 0 Å². The summed E-state index contributed by atoms with van der Waals surface area (Å²) >= 11 is 0. The molecule has 0 saturated heterocycles. The Kier molecular flexibility index (Phi) is 27.1. The van der Waals surface area contributed by atoms with Gasteiger partial charge in [0.25, 0.3) is 0 Å². The van der Waals surface area contributed by atoms with Gasteiger partial charge in [0.1, 0.15) is 0 Å². The molecule has 0 aromatic carbocycles. The van der Waals surface area contributed by atoms with Gasteiger partial charge in [0, 0.05) is 12.2 Å². The summed E-state index contributed by atoms with van der Waals surface area (Å²) < 4.78 is 33.3. The Bertz CT molecular complexity index is 1400. The van der Waals surface area contributed by atoms with Crippen LogP contribution in [-0.2, 0) is 47.0 Å². The molecule has 0 amide bonds. The summed E-state index contributed by atoms with van der Waals surface area (Å²) in [5.74, 6) is -0.0575. The minimum atomic E-state index is -1.71. The zero-order valence-corrected chi connectivity index (χ0v) is 47.0. The van der Waals surface area contributed by atoms with E-state index in [2.05, 4.69) is 74.7 Å². The van der Waals surface area contributed by atoms with Crippen molar-refractivity contribution in [3.05, 3.63) is 0 Å². The minimum absolute atomic E-state index is 0.00160. The van der Waals surface area contributed by atoms with Crippen LogP contribution in [-0.4, -0.2) is 102 Å². The Morgan fingerprint density at radius 3 is 1.05 bits per heavy atom. The first-order valence-corrected chi connectivity index (χ1v) is 31.8.